The first-order valence-electron chi connectivity index (χ1n) is 8.08. The largest absolute Gasteiger partial charge is 0.573 e. The molecule has 0 bridgehead atoms. The lowest BCUT2D eigenvalue weighted by atomic mass is 10.3. The van der Waals surface area contributed by atoms with Crippen LogP contribution >= 0.6 is 0 Å². The minimum absolute atomic E-state index is 0.0507. The Balaban J connectivity index is 1.65. The smallest absolute Gasteiger partial charge is 0.406 e. The molecule has 8 nitrogen and oxygen atoms in total. The lowest BCUT2D eigenvalue weighted by Crippen LogP contribution is -2.50. The summed E-state index contributed by atoms with van der Waals surface area (Å²) in [4.78, 5) is 21.4. The number of ether oxygens (including phenoxy) is 1. The van der Waals surface area contributed by atoms with Crippen LogP contribution in [-0.4, -0.2) is 66.0 Å². The van der Waals surface area contributed by atoms with Crippen LogP contribution in [0.25, 0.3) is 0 Å². The highest BCUT2D eigenvalue weighted by Crippen LogP contribution is 2.25. The van der Waals surface area contributed by atoms with Crippen LogP contribution < -0.4 is 4.74 Å². The van der Waals surface area contributed by atoms with E-state index >= 15 is 0 Å². The van der Waals surface area contributed by atoms with Crippen LogP contribution in [0.4, 0.5) is 13.2 Å². The van der Waals surface area contributed by atoms with Gasteiger partial charge in [0.25, 0.3) is 5.91 Å². The molecule has 150 valence electrons. The zero-order valence-corrected chi connectivity index (χ0v) is 15.2. The maximum absolute atomic E-state index is 12.7. The van der Waals surface area contributed by atoms with E-state index in [0.717, 1.165) is 24.3 Å². The minimum Gasteiger partial charge on any atom is -0.406 e. The monoisotopic (exact) mass is 416 g/mol. The number of piperazine rings is 1. The molecule has 1 aliphatic heterocycles. The quantitative estimate of drug-likeness (QED) is 0.751. The summed E-state index contributed by atoms with van der Waals surface area (Å²) < 4.78 is 66.8. The van der Waals surface area contributed by atoms with Crippen molar-refractivity contribution in [3.8, 4) is 5.75 Å². The Morgan fingerprint density at radius 3 is 2.21 bits per heavy atom. The van der Waals surface area contributed by atoms with Gasteiger partial charge in [-0.25, -0.2) is 13.4 Å². The van der Waals surface area contributed by atoms with Crippen molar-refractivity contribution < 1.29 is 31.1 Å². The number of aromatic nitrogens is 2. The van der Waals surface area contributed by atoms with Crippen LogP contribution in [0.5, 0.6) is 5.75 Å². The Labute approximate surface area is 158 Å². The lowest BCUT2D eigenvalue weighted by molar-refractivity contribution is -0.274. The number of benzene rings is 1. The van der Waals surface area contributed by atoms with Gasteiger partial charge in [0.05, 0.1) is 11.1 Å². The van der Waals surface area contributed by atoms with E-state index in [1.165, 1.54) is 27.8 Å². The molecule has 2 heterocycles. The fourth-order valence-electron chi connectivity index (χ4n) is 2.67. The van der Waals surface area contributed by atoms with E-state index in [1.807, 2.05) is 0 Å². The molecule has 28 heavy (non-hydrogen) atoms. The molecule has 1 saturated heterocycles. The van der Waals surface area contributed by atoms with Crippen molar-refractivity contribution in [3.63, 3.8) is 0 Å². The van der Waals surface area contributed by atoms with Gasteiger partial charge in [-0.05, 0) is 24.3 Å². The van der Waals surface area contributed by atoms with Gasteiger partial charge >= 0.3 is 6.36 Å². The SMILES string of the molecule is O=C(c1cnccn1)N1CCN(S(=O)(=O)c2ccc(OC(F)(F)F)cc2)CC1. The van der Waals surface area contributed by atoms with Gasteiger partial charge in [-0.1, -0.05) is 0 Å². The molecule has 1 aromatic heterocycles. The Hall–Kier alpha value is -2.73. The van der Waals surface area contributed by atoms with E-state index in [2.05, 4.69) is 14.7 Å². The van der Waals surface area contributed by atoms with Gasteiger partial charge in [0, 0.05) is 38.6 Å². The third-order valence-corrected chi connectivity index (χ3v) is 5.92. The summed E-state index contributed by atoms with van der Waals surface area (Å²) in [5.41, 5.74) is 0.166. The molecule has 0 saturated carbocycles. The molecular formula is C16H15F3N4O4S. The van der Waals surface area contributed by atoms with Crippen molar-refractivity contribution in [3.05, 3.63) is 48.5 Å². The second-order valence-corrected chi connectivity index (χ2v) is 7.74. The average Bonchev–Trinajstić information content (AvgIpc) is 2.67. The summed E-state index contributed by atoms with van der Waals surface area (Å²) >= 11 is 0. The summed E-state index contributed by atoms with van der Waals surface area (Å²) in [7, 11) is -3.91. The second kappa shape index (κ2) is 7.72. The van der Waals surface area contributed by atoms with Crippen molar-refractivity contribution >= 4 is 15.9 Å². The van der Waals surface area contributed by atoms with E-state index in [1.54, 1.807) is 0 Å². The first kappa shape index (κ1) is 20.0. The molecular weight excluding hydrogens is 401 g/mol. The number of carbonyl (C=O) groups excluding carboxylic acids is 1. The van der Waals surface area contributed by atoms with Gasteiger partial charge in [-0.3, -0.25) is 9.78 Å². The van der Waals surface area contributed by atoms with Gasteiger partial charge < -0.3 is 9.64 Å². The molecule has 3 rings (SSSR count). The second-order valence-electron chi connectivity index (χ2n) is 5.81. The Morgan fingerprint density at radius 1 is 1.04 bits per heavy atom. The minimum atomic E-state index is -4.85. The summed E-state index contributed by atoms with van der Waals surface area (Å²) in [6.45, 7) is 0.415. The standard InChI is InChI=1S/C16H15F3N4O4S/c17-16(18,19)27-12-1-3-13(4-2-12)28(25,26)23-9-7-22(8-10-23)15(24)14-11-20-5-6-21-14/h1-6,11H,7-10H2. The number of hydrogen-bond acceptors (Lipinski definition) is 6. The van der Waals surface area contributed by atoms with E-state index < -0.39 is 22.1 Å². The predicted octanol–water partition coefficient (Wildman–Crippen LogP) is 1.52. The molecule has 0 spiro atoms. The summed E-state index contributed by atoms with van der Waals surface area (Å²) in [5.74, 6) is -0.857. The maximum Gasteiger partial charge on any atom is 0.573 e. The zero-order chi connectivity index (χ0) is 20.4. The lowest BCUT2D eigenvalue weighted by Gasteiger charge is -2.33. The third-order valence-electron chi connectivity index (χ3n) is 4.00. The van der Waals surface area contributed by atoms with Crippen LogP contribution in [0.3, 0.4) is 0 Å². The number of hydrogen-bond donors (Lipinski definition) is 0. The van der Waals surface area contributed by atoms with Gasteiger partial charge in [-0.15, -0.1) is 13.2 Å². The van der Waals surface area contributed by atoms with Crippen LogP contribution in [0.2, 0.25) is 0 Å². The number of halogens is 3. The highest BCUT2D eigenvalue weighted by Gasteiger charge is 2.33. The van der Waals surface area contributed by atoms with Crippen molar-refractivity contribution in [1.82, 2.24) is 19.2 Å². The fraction of sp³-hybridized carbons (Fsp3) is 0.312. The molecule has 2 aromatic rings. The number of amides is 1. The van der Waals surface area contributed by atoms with Crippen LogP contribution in [0.1, 0.15) is 10.5 Å². The molecule has 1 aromatic carbocycles. The number of alkyl halides is 3. The molecule has 1 amide bonds. The summed E-state index contributed by atoms with van der Waals surface area (Å²) in [6, 6.07) is 3.98. The summed E-state index contributed by atoms with van der Waals surface area (Å²) in [5, 5.41) is 0. The van der Waals surface area contributed by atoms with Crippen molar-refractivity contribution in [2.75, 3.05) is 26.2 Å². The third kappa shape index (κ3) is 4.57. The highest BCUT2D eigenvalue weighted by atomic mass is 32.2. The normalized spacial score (nSPS) is 16.0. The van der Waals surface area contributed by atoms with Crippen molar-refractivity contribution in [2.24, 2.45) is 0 Å². The molecule has 0 atom stereocenters. The van der Waals surface area contributed by atoms with Crippen molar-refractivity contribution in [2.45, 2.75) is 11.3 Å². The van der Waals surface area contributed by atoms with Gasteiger partial charge in [0.1, 0.15) is 11.4 Å². The number of sulfonamides is 1. The Bertz CT molecular complexity index is 929. The molecule has 0 N–H and O–H groups in total. The topological polar surface area (TPSA) is 92.7 Å². The van der Waals surface area contributed by atoms with E-state index in [4.69, 9.17) is 0 Å². The van der Waals surface area contributed by atoms with Gasteiger partial charge in [-0.2, -0.15) is 4.31 Å². The molecule has 0 unspecified atom stereocenters. The van der Waals surface area contributed by atoms with E-state index in [0.29, 0.717) is 0 Å². The average molecular weight is 416 g/mol. The van der Waals surface area contributed by atoms with Crippen LogP contribution in [-0.2, 0) is 10.0 Å². The highest BCUT2D eigenvalue weighted by molar-refractivity contribution is 7.89. The number of nitrogens with zero attached hydrogens (tertiary/aromatic N) is 4. The van der Waals surface area contributed by atoms with E-state index in [9.17, 15) is 26.4 Å². The molecule has 1 fully saturated rings. The zero-order valence-electron chi connectivity index (χ0n) is 14.3. The van der Waals surface area contributed by atoms with Crippen LogP contribution in [0, 0.1) is 0 Å². The van der Waals surface area contributed by atoms with Crippen LogP contribution in [0.15, 0.2) is 47.8 Å². The number of rotatable bonds is 4. The van der Waals surface area contributed by atoms with Gasteiger partial charge in [0.2, 0.25) is 10.0 Å². The predicted molar refractivity (Wildman–Crippen MR) is 89.8 cm³/mol. The number of carbonyl (C=O) groups is 1. The Kier molecular flexibility index (Phi) is 5.52. The molecule has 1 aliphatic rings. The molecule has 12 heteroatoms. The summed E-state index contributed by atoms with van der Waals surface area (Å²) in [6.07, 6.45) is -0.700. The van der Waals surface area contributed by atoms with Crippen molar-refractivity contribution in [1.29, 1.82) is 0 Å². The first-order valence-corrected chi connectivity index (χ1v) is 9.52. The molecule has 0 aliphatic carbocycles. The first-order chi connectivity index (χ1) is 13.2. The molecule has 0 radical (unpaired) electrons. The maximum atomic E-state index is 12.7. The fourth-order valence-corrected chi connectivity index (χ4v) is 4.09. The Morgan fingerprint density at radius 2 is 1.68 bits per heavy atom. The van der Waals surface area contributed by atoms with Gasteiger partial charge in [0.15, 0.2) is 0 Å². The van der Waals surface area contributed by atoms with E-state index in [-0.39, 0.29) is 42.7 Å².